The van der Waals surface area contributed by atoms with Gasteiger partial charge in [-0.05, 0) is 53.8 Å². The van der Waals surface area contributed by atoms with Gasteiger partial charge in [0.2, 0.25) is 11.8 Å². The Labute approximate surface area is 154 Å². The molecule has 1 aliphatic carbocycles. The zero-order valence-electron chi connectivity index (χ0n) is 14.6. The van der Waals surface area contributed by atoms with Crippen molar-refractivity contribution in [1.29, 1.82) is 0 Å². The Morgan fingerprint density at radius 3 is 2.89 bits per heavy atom. The number of imidazole rings is 1. The maximum absolute atomic E-state index is 13.0. The van der Waals surface area contributed by atoms with Crippen LogP contribution in [0.15, 0.2) is 36.7 Å². The van der Waals surface area contributed by atoms with Crippen molar-refractivity contribution >= 4 is 29.0 Å². The second-order valence-electron chi connectivity index (χ2n) is 7.17. The smallest absolute Gasteiger partial charge is 0.231 e. The molecule has 5 rings (SSSR count). The van der Waals surface area contributed by atoms with Crippen LogP contribution < -0.4 is 10.6 Å². The summed E-state index contributed by atoms with van der Waals surface area (Å²) in [5.74, 6) is -0.475. The van der Waals surface area contributed by atoms with Gasteiger partial charge in [-0.2, -0.15) is 0 Å². The van der Waals surface area contributed by atoms with Crippen LogP contribution in [0.25, 0.3) is 16.8 Å². The fraction of sp³-hybridized carbons (Fsp3) is 0.250. The van der Waals surface area contributed by atoms with Gasteiger partial charge in [0.15, 0.2) is 5.82 Å². The van der Waals surface area contributed by atoms with E-state index in [1.54, 1.807) is 6.20 Å². The van der Waals surface area contributed by atoms with E-state index < -0.39 is 12.1 Å². The van der Waals surface area contributed by atoms with Gasteiger partial charge in [-0.25, -0.2) is 9.37 Å². The highest BCUT2D eigenvalue weighted by atomic mass is 19.1. The number of carbonyl (C=O) groups is 2. The Kier molecular flexibility index (Phi) is 3.34. The normalized spacial score (nSPS) is 20.4. The first kappa shape index (κ1) is 16.0. The lowest BCUT2D eigenvalue weighted by Gasteiger charge is -2.11. The number of hydrogen-bond donors (Lipinski definition) is 2. The summed E-state index contributed by atoms with van der Waals surface area (Å²) in [4.78, 5) is 28.1. The number of anilines is 2. The number of nitrogens with one attached hydrogen (secondary N) is 2. The summed E-state index contributed by atoms with van der Waals surface area (Å²) in [5.41, 5.74) is 5.61. The molecule has 1 saturated carbocycles. The van der Waals surface area contributed by atoms with E-state index in [2.05, 4.69) is 15.6 Å². The van der Waals surface area contributed by atoms with E-state index >= 15 is 0 Å². The molecule has 136 valence electrons. The number of amides is 2. The monoisotopic (exact) mass is 364 g/mol. The molecular formula is C20H17FN4O2. The van der Waals surface area contributed by atoms with E-state index in [9.17, 15) is 14.0 Å². The first-order chi connectivity index (χ1) is 13.0. The largest absolute Gasteiger partial charge is 0.326 e. The molecule has 1 aliphatic heterocycles. The van der Waals surface area contributed by atoms with E-state index in [-0.39, 0.29) is 18.2 Å². The van der Waals surface area contributed by atoms with Crippen molar-refractivity contribution in [2.45, 2.75) is 25.9 Å². The van der Waals surface area contributed by atoms with Crippen LogP contribution >= 0.6 is 0 Å². The van der Waals surface area contributed by atoms with Crippen molar-refractivity contribution in [2.24, 2.45) is 5.92 Å². The lowest BCUT2D eigenvalue weighted by atomic mass is 9.94. The molecule has 2 N–H and O–H groups in total. The van der Waals surface area contributed by atoms with Crippen molar-refractivity contribution in [1.82, 2.24) is 9.38 Å². The predicted octanol–water partition coefficient (Wildman–Crippen LogP) is 3.10. The number of hydrogen-bond acceptors (Lipinski definition) is 3. The standard InChI is InChI=1S/C20H17FN4O2/c1-10-2-4-15-13(7-18(26)22-15)19(10)11-3-5-17-23-16(9-25(17)8-11)24-20(27)12-6-14(12)21/h2-5,8-9,12,14H,6-7H2,1H3,(H,22,26)(H,24,27)/t12-,14+/m1/s1. The van der Waals surface area contributed by atoms with Crippen LogP contribution in [-0.4, -0.2) is 27.4 Å². The van der Waals surface area contributed by atoms with E-state index in [0.29, 0.717) is 17.9 Å². The highest BCUT2D eigenvalue weighted by Crippen LogP contribution is 2.37. The third kappa shape index (κ3) is 2.66. The number of carbonyl (C=O) groups excluding carboxylic acids is 2. The molecule has 1 fully saturated rings. The zero-order valence-corrected chi connectivity index (χ0v) is 14.6. The molecule has 2 amide bonds. The molecule has 7 heteroatoms. The molecule has 0 unspecified atom stereocenters. The summed E-state index contributed by atoms with van der Waals surface area (Å²) in [6, 6.07) is 7.74. The Bertz CT molecular complexity index is 1120. The van der Waals surface area contributed by atoms with Crippen molar-refractivity contribution in [3.05, 3.63) is 47.8 Å². The molecule has 3 heterocycles. The maximum Gasteiger partial charge on any atom is 0.231 e. The Morgan fingerprint density at radius 1 is 1.30 bits per heavy atom. The Balaban J connectivity index is 1.52. The van der Waals surface area contributed by atoms with Gasteiger partial charge in [-0.15, -0.1) is 0 Å². The number of fused-ring (bicyclic) bond motifs is 2. The van der Waals surface area contributed by atoms with Crippen LogP contribution in [0.3, 0.4) is 0 Å². The second kappa shape index (κ2) is 5.64. The number of pyridine rings is 1. The Morgan fingerprint density at radius 2 is 2.11 bits per heavy atom. The Hall–Kier alpha value is -3.22. The van der Waals surface area contributed by atoms with Crippen LogP contribution in [0.4, 0.5) is 15.9 Å². The van der Waals surface area contributed by atoms with E-state index in [0.717, 1.165) is 27.9 Å². The minimum Gasteiger partial charge on any atom is -0.326 e. The zero-order chi connectivity index (χ0) is 18.7. The lowest BCUT2D eigenvalue weighted by Crippen LogP contribution is -2.15. The topological polar surface area (TPSA) is 75.5 Å². The molecular weight excluding hydrogens is 347 g/mol. The first-order valence-electron chi connectivity index (χ1n) is 8.86. The summed E-state index contributed by atoms with van der Waals surface area (Å²) in [6.07, 6.45) is 3.26. The molecule has 0 bridgehead atoms. The van der Waals surface area contributed by atoms with Crippen LogP contribution in [-0.2, 0) is 16.0 Å². The van der Waals surface area contributed by atoms with Gasteiger partial charge < -0.3 is 15.0 Å². The number of benzene rings is 1. The summed E-state index contributed by atoms with van der Waals surface area (Å²) >= 11 is 0. The molecule has 1 aromatic carbocycles. The minimum absolute atomic E-state index is 0.00296. The molecule has 0 radical (unpaired) electrons. The number of aromatic nitrogens is 2. The molecule has 3 aromatic rings. The molecule has 2 atom stereocenters. The van der Waals surface area contributed by atoms with Gasteiger partial charge >= 0.3 is 0 Å². The van der Waals surface area contributed by atoms with Crippen molar-refractivity contribution < 1.29 is 14.0 Å². The average Bonchev–Trinajstić information content (AvgIpc) is 3.05. The van der Waals surface area contributed by atoms with Gasteiger partial charge in [0, 0.05) is 11.9 Å². The fourth-order valence-electron chi connectivity index (χ4n) is 3.68. The maximum atomic E-state index is 13.0. The van der Waals surface area contributed by atoms with Crippen LogP contribution in [0.2, 0.25) is 0 Å². The molecule has 2 aliphatic rings. The number of rotatable bonds is 3. The van der Waals surface area contributed by atoms with Crippen molar-refractivity contribution in [3.63, 3.8) is 0 Å². The summed E-state index contributed by atoms with van der Waals surface area (Å²) in [5, 5.41) is 5.56. The molecule has 2 aromatic heterocycles. The van der Waals surface area contributed by atoms with E-state index in [1.807, 2.05) is 41.8 Å². The van der Waals surface area contributed by atoms with Crippen molar-refractivity contribution in [3.8, 4) is 11.1 Å². The quantitative estimate of drug-likeness (QED) is 0.750. The summed E-state index contributed by atoms with van der Waals surface area (Å²) in [7, 11) is 0. The van der Waals surface area contributed by atoms with Crippen LogP contribution in [0, 0.1) is 12.8 Å². The minimum atomic E-state index is -1.03. The number of halogens is 1. The summed E-state index contributed by atoms with van der Waals surface area (Å²) in [6.45, 7) is 2.02. The fourth-order valence-corrected chi connectivity index (χ4v) is 3.68. The van der Waals surface area contributed by atoms with Gasteiger partial charge in [0.1, 0.15) is 11.8 Å². The van der Waals surface area contributed by atoms with Crippen molar-refractivity contribution in [2.75, 3.05) is 10.6 Å². The highest BCUT2D eigenvalue weighted by Gasteiger charge is 2.43. The highest BCUT2D eigenvalue weighted by molar-refractivity contribution is 6.02. The van der Waals surface area contributed by atoms with E-state index in [4.69, 9.17) is 0 Å². The van der Waals surface area contributed by atoms with Crippen LogP contribution in [0.5, 0.6) is 0 Å². The number of alkyl halides is 1. The molecule has 0 spiro atoms. The van der Waals surface area contributed by atoms with Gasteiger partial charge in [-0.3, -0.25) is 9.59 Å². The summed E-state index contributed by atoms with van der Waals surface area (Å²) < 4.78 is 14.9. The van der Waals surface area contributed by atoms with Crippen LogP contribution in [0.1, 0.15) is 17.5 Å². The third-order valence-electron chi connectivity index (χ3n) is 5.17. The molecule has 6 nitrogen and oxygen atoms in total. The SMILES string of the molecule is Cc1ccc2c(c1-c1ccc3nc(NC(=O)[C@@H]4C[C@@H]4F)cn3c1)CC(=O)N2. The number of aryl methyl sites for hydroxylation is 1. The van der Waals surface area contributed by atoms with E-state index in [1.165, 1.54) is 0 Å². The predicted molar refractivity (Wildman–Crippen MR) is 99.3 cm³/mol. The second-order valence-corrected chi connectivity index (χ2v) is 7.17. The van der Waals surface area contributed by atoms with Gasteiger partial charge in [0.05, 0.1) is 18.5 Å². The lowest BCUT2D eigenvalue weighted by molar-refractivity contribution is -0.117. The van der Waals surface area contributed by atoms with Gasteiger partial charge in [-0.1, -0.05) is 6.07 Å². The molecule has 27 heavy (non-hydrogen) atoms. The third-order valence-corrected chi connectivity index (χ3v) is 5.17. The first-order valence-corrected chi connectivity index (χ1v) is 8.86. The average molecular weight is 364 g/mol. The van der Waals surface area contributed by atoms with Gasteiger partial charge in [0.25, 0.3) is 0 Å². The number of nitrogens with zero attached hydrogens (tertiary/aromatic N) is 2. The molecule has 0 saturated heterocycles.